The second-order valence-corrected chi connectivity index (χ2v) is 17.0. The van der Waals surface area contributed by atoms with Crippen molar-refractivity contribution in [3.05, 3.63) is 287 Å². The van der Waals surface area contributed by atoms with Crippen LogP contribution < -0.4 is 9.64 Å². The SMILES string of the molecule is c1ccc(N(c2ccc(C3(c4ccc(-c5ccncc5)cc4)c4ccccc4-c4ccccc43)cc2)c2ccc3c(c2)C2(c4ccccc4Oc4ccccc42)c2ccccc2-3)cc1. The van der Waals surface area contributed by atoms with Gasteiger partial charge in [-0.2, -0.15) is 0 Å². The highest BCUT2D eigenvalue weighted by Gasteiger charge is 2.51. The Balaban J connectivity index is 1.00. The average Bonchev–Trinajstić information content (AvgIpc) is 3.83. The Morgan fingerprint density at radius 1 is 0.312 bits per heavy atom. The lowest BCUT2D eigenvalue weighted by molar-refractivity contribution is 0.436. The summed E-state index contributed by atoms with van der Waals surface area (Å²) in [7, 11) is 0. The maximum Gasteiger partial charge on any atom is 0.132 e. The lowest BCUT2D eigenvalue weighted by atomic mass is 9.66. The normalized spacial score (nSPS) is 14.0. The Morgan fingerprint density at radius 2 is 0.734 bits per heavy atom. The summed E-state index contributed by atoms with van der Waals surface area (Å²) in [5, 5.41) is 0. The smallest absolute Gasteiger partial charge is 0.132 e. The van der Waals surface area contributed by atoms with Crippen LogP contribution in [0.25, 0.3) is 33.4 Å². The van der Waals surface area contributed by atoms with E-state index in [-0.39, 0.29) is 0 Å². The molecule has 3 aliphatic rings. The molecule has 0 radical (unpaired) electrons. The summed E-state index contributed by atoms with van der Waals surface area (Å²) in [4.78, 5) is 6.67. The van der Waals surface area contributed by atoms with Gasteiger partial charge in [-0.25, -0.2) is 0 Å². The molecule has 0 atom stereocenters. The number of ether oxygens (including phenoxy) is 1. The van der Waals surface area contributed by atoms with Gasteiger partial charge in [0.1, 0.15) is 11.5 Å². The summed E-state index contributed by atoms with van der Waals surface area (Å²) >= 11 is 0. The quantitative estimate of drug-likeness (QED) is 0.167. The molecule has 0 bridgehead atoms. The Labute approximate surface area is 373 Å². The van der Waals surface area contributed by atoms with Crippen LogP contribution in [-0.2, 0) is 10.8 Å². The standard InChI is InChI=1S/C61H40N2O/c1-2-14-45(15-3-1)63(47-34-35-51-50-18-6-9-21-54(50)61(57(51)40-47)55-22-10-12-24-58(55)64-59-25-13-11-23-56(59)61)46-32-30-44(31-33-46)60(43-28-26-41(27-29-43)42-36-38-62-39-37-42)52-19-7-4-16-48(52)49-17-5-8-20-53(49)60/h1-40H. The van der Waals surface area contributed by atoms with Crippen molar-refractivity contribution in [1.29, 1.82) is 0 Å². The molecule has 1 spiro atoms. The minimum atomic E-state index is -0.567. The molecule has 0 N–H and O–H groups in total. The second kappa shape index (κ2) is 14.1. The van der Waals surface area contributed by atoms with E-state index in [1.54, 1.807) is 0 Å². The van der Waals surface area contributed by atoms with Crippen LogP contribution in [0.3, 0.4) is 0 Å². The number of benzene rings is 9. The monoisotopic (exact) mass is 816 g/mol. The van der Waals surface area contributed by atoms with Gasteiger partial charge in [0.15, 0.2) is 0 Å². The fourth-order valence-corrected chi connectivity index (χ4v) is 11.3. The third-order valence-electron chi connectivity index (χ3n) is 13.9. The molecule has 1 aromatic heterocycles. The summed E-state index contributed by atoms with van der Waals surface area (Å²) in [6.45, 7) is 0. The first kappa shape index (κ1) is 36.4. The number of hydrogen-bond acceptors (Lipinski definition) is 3. The van der Waals surface area contributed by atoms with E-state index in [1.165, 1.54) is 61.2 Å². The Hall–Kier alpha value is -8.27. The molecule has 10 aromatic rings. The van der Waals surface area contributed by atoms with Gasteiger partial charge >= 0.3 is 0 Å². The summed E-state index contributed by atoms with van der Waals surface area (Å²) in [6, 6.07) is 84.4. The lowest BCUT2D eigenvalue weighted by Crippen LogP contribution is -2.32. The number of fused-ring (bicyclic) bond motifs is 12. The largest absolute Gasteiger partial charge is 0.457 e. The topological polar surface area (TPSA) is 25.4 Å². The molecule has 3 nitrogen and oxygen atoms in total. The van der Waals surface area contributed by atoms with Crippen LogP contribution in [0.5, 0.6) is 11.5 Å². The van der Waals surface area contributed by atoms with Gasteiger partial charge in [-0.05, 0) is 127 Å². The highest BCUT2D eigenvalue weighted by molar-refractivity contribution is 5.92. The van der Waals surface area contributed by atoms with Crippen molar-refractivity contribution in [2.45, 2.75) is 10.8 Å². The summed E-state index contributed by atoms with van der Waals surface area (Å²) in [5.41, 5.74) is 19.4. The lowest BCUT2D eigenvalue weighted by Gasteiger charge is -2.39. The molecular weight excluding hydrogens is 777 g/mol. The minimum Gasteiger partial charge on any atom is -0.457 e. The van der Waals surface area contributed by atoms with E-state index in [0.29, 0.717) is 0 Å². The molecule has 64 heavy (non-hydrogen) atoms. The third-order valence-corrected chi connectivity index (χ3v) is 13.9. The zero-order valence-electron chi connectivity index (χ0n) is 34.9. The molecule has 2 aliphatic carbocycles. The van der Waals surface area contributed by atoms with Gasteiger partial charge in [0.25, 0.3) is 0 Å². The fourth-order valence-electron chi connectivity index (χ4n) is 11.3. The molecule has 3 heteroatoms. The molecule has 300 valence electrons. The van der Waals surface area contributed by atoms with Gasteiger partial charge in [0.2, 0.25) is 0 Å². The van der Waals surface area contributed by atoms with Crippen molar-refractivity contribution in [1.82, 2.24) is 4.98 Å². The maximum atomic E-state index is 6.66. The molecule has 1 aliphatic heterocycles. The van der Waals surface area contributed by atoms with E-state index >= 15 is 0 Å². The van der Waals surface area contributed by atoms with Crippen molar-refractivity contribution < 1.29 is 4.74 Å². The highest BCUT2D eigenvalue weighted by Crippen LogP contribution is 2.63. The van der Waals surface area contributed by atoms with Gasteiger partial charge in [-0.3, -0.25) is 4.98 Å². The molecular formula is C61H40N2O. The first-order chi connectivity index (χ1) is 31.7. The number of nitrogens with zero attached hydrogens (tertiary/aromatic N) is 2. The predicted octanol–water partition coefficient (Wildman–Crippen LogP) is 15.1. The summed E-state index contributed by atoms with van der Waals surface area (Å²) < 4.78 is 6.66. The molecule has 0 unspecified atom stereocenters. The predicted molar refractivity (Wildman–Crippen MR) is 259 cm³/mol. The molecule has 0 saturated heterocycles. The van der Waals surface area contributed by atoms with Gasteiger partial charge < -0.3 is 9.64 Å². The van der Waals surface area contributed by atoms with Gasteiger partial charge in [-0.1, -0.05) is 170 Å². The molecule has 9 aromatic carbocycles. The van der Waals surface area contributed by atoms with Crippen LogP contribution >= 0.6 is 0 Å². The van der Waals surface area contributed by atoms with E-state index < -0.39 is 10.8 Å². The number of aromatic nitrogens is 1. The number of rotatable bonds is 6. The van der Waals surface area contributed by atoms with E-state index in [1.807, 2.05) is 12.4 Å². The highest BCUT2D eigenvalue weighted by atomic mass is 16.5. The van der Waals surface area contributed by atoms with Crippen LogP contribution in [0.4, 0.5) is 17.1 Å². The number of hydrogen-bond donors (Lipinski definition) is 0. The van der Waals surface area contributed by atoms with E-state index in [4.69, 9.17) is 4.74 Å². The first-order valence-electron chi connectivity index (χ1n) is 22.0. The molecule has 2 heterocycles. The first-order valence-corrected chi connectivity index (χ1v) is 22.0. The Morgan fingerprint density at radius 3 is 1.31 bits per heavy atom. The summed E-state index contributed by atoms with van der Waals surface area (Å²) in [5.74, 6) is 1.78. The van der Waals surface area contributed by atoms with Gasteiger partial charge in [0, 0.05) is 40.6 Å². The zero-order valence-corrected chi connectivity index (χ0v) is 34.9. The van der Waals surface area contributed by atoms with E-state index in [2.05, 4.69) is 240 Å². The van der Waals surface area contributed by atoms with Gasteiger partial charge in [0.05, 0.1) is 10.8 Å². The fraction of sp³-hybridized carbons (Fsp3) is 0.0328. The molecule has 0 fully saturated rings. The van der Waals surface area contributed by atoms with Crippen LogP contribution in [0, 0.1) is 0 Å². The van der Waals surface area contributed by atoms with Crippen molar-refractivity contribution >= 4 is 17.1 Å². The van der Waals surface area contributed by atoms with Gasteiger partial charge in [-0.15, -0.1) is 0 Å². The van der Waals surface area contributed by atoms with Crippen LogP contribution in [0.15, 0.2) is 243 Å². The number of para-hydroxylation sites is 3. The maximum absolute atomic E-state index is 6.66. The molecule has 0 saturated carbocycles. The third kappa shape index (κ3) is 5.07. The number of pyridine rings is 1. The van der Waals surface area contributed by atoms with E-state index in [9.17, 15) is 0 Å². The van der Waals surface area contributed by atoms with Crippen LogP contribution in [-0.4, -0.2) is 4.98 Å². The molecule has 0 amide bonds. The Kier molecular flexibility index (Phi) is 8.04. The molecule has 13 rings (SSSR count). The Bertz CT molecular complexity index is 3320. The van der Waals surface area contributed by atoms with E-state index in [0.717, 1.165) is 45.3 Å². The second-order valence-electron chi connectivity index (χ2n) is 17.0. The van der Waals surface area contributed by atoms with Crippen molar-refractivity contribution in [3.63, 3.8) is 0 Å². The van der Waals surface area contributed by atoms with Crippen LogP contribution in [0.2, 0.25) is 0 Å². The number of anilines is 3. The van der Waals surface area contributed by atoms with Crippen molar-refractivity contribution in [3.8, 4) is 44.9 Å². The zero-order chi connectivity index (χ0) is 42.2. The summed E-state index contributed by atoms with van der Waals surface area (Å²) in [6.07, 6.45) is 3.72. The average molecular weight is 817 g/mol. The van der Waals surface area contributed by atoms with Crippen molar-refractivity contribution in [2.24, 2.45) is 0 Å². The van der Waals surface area contributed by atoms with Crippen molar-refractivity contribution in [2.75, 3.05) is 4.90 Å². The van der Waals surface area contributed by atoms with Crippen LogP contribution in [0.1, 0.15) is 44.5 Å². The minimum absolute atomic E-state index is 0.532.